The van der Waals surface area contributed by atoms with Gasteiger partial charge in [-0.3, -0.25) is 9.59 Å². The van der Waals surface area contributed by atoms with Gasteiger partial charge in [0.25, 0.3) is 0 Å². The molecule has 0 fully saturated rings. The minimum absolute atomic E-state index is 0.428. The Bertz CT molecular complexity index is 1310. The molecule has 8 heteroatoms. The zero-order valence-electron chi connectivity index (χ0n) is 22.5. The maximum absolute atomic E-state index is 13.3. The first-order valence-corrected chi connectivity index (χ1v) is 12.5. The van der Waals surface area contributed by atoms with Crippen molar-refractivity contribution in [3.63, 3.8) is 0 Å². The second-order valence-corrected chi connectivity index (χ2v) is 10.5. The number of esters is 2. The van der Waals surface area contributed by atoms with Gasteiger partial charge >= 0.3 is 11.9 Å². The first kappa shape index (κ1) is 26.4. The Morgan fingerprint density at radius 3 is 1.51 bits per heavy atom. The van der Waals surface area contributed by atoms with Crippen LogP contribution in [0.2, 0.25) is 0 Å². The van der Waals surface area contributed by atoms with Gasteiger partial charge in [-0.25, -0.2) is 0 Å². The number of rotatable bonds is 10. The number of fused-ring (bicyclic) bond motifs is 2. The third kappa shape index (κ3) is 5.70. The largest absolute Gasteiger partial charge is 0.425 e. The van der Waals surface area contributed by atoms with Crippen LogP contribution in [0.5, 0.6) is 11.5 Å². The maximum Gasteiger partial charge on any atom is 0.328 e. The van der Waals surface area contributed by atoms with Crippen LogP contribution in [0.25, 0.3) is 21.8 Å². The number of hydrogen-bond acceptors (Lipinski definition) is 6. The van der Waals surface area contributed by atoms with Crippen LogP contribution >= 0.6 is 0 Å². The molecule has 4 aromatic rings. The average Bonchev–Trinajstić information content (AvgIpc) is 3.46. The van der Waals surface area contributed by atoms with Crippen molar-refractivity contribution in [2.75, 3.05) is 41.3 Å². The average molecular weight is 505 g/mol. The van der Waals surface area contributed by atoms with Crippen molar-refractivity contribution in [1.82, 2.24) is 19.8 Å². The summed E-state index contributed by atoms with van der Waals surface area (Å²) in [5.41, 5.74) is 2.34. The van der Waals surface area contributed by atoms with E-state index in [4.69, 9.17) is 9.47 Å². The molecule has 0 amide bonds. The summed E-state index contributed by atoms with van der Waals surface area (Å²) in [6.07, 6.45) is 5.47. The van der Waals surface area contributed by atoms with Crippen LogP contribution < -0.4 is 9.47 Å². The zero-order valence-corrected chi connectivity index (χ0v) is 22.5. The van der Waals surface area contributed by atoms with E-state index >= 15 is 0 Å². The van der Waals surface area contributed by atoms with Gasteiger partial charge < -0.3 is 29.2 Å². The van der Waals surface area contributed by atoms with Crippen LogP contribution in [-0.4, -0.2) is 73.0 Å². The molecule has 0 unspecified atom stereocenters. The molecule has 196 valence electrons. The molecule has 8 nitrogen and oxygen atoms in total. The molecule has 0 atom stereocenters. The van der Waals surface area contributed by atoms with Crippen LogP contribution in [0.4, 0.5) is 0 Å². The Morgan fingerprint density at radius 2 is 1.14 bits per heavy atom. The first-order chi connectivity index (χ1) is 17.6. The van der Waals surface area contributed by atoms with E-state index in [2.05, 4.69) is 19.8 Å². The Labute approximate surface area is 217 Å². The minimum atomic E-state index is -1.52. The van der Waals surface area contributed by atoms with Crippen LogP contribution in [0, 0.1) is 5.41 Å². The number of carbonyl (C=O) groups is 2. The predicted molar refractivity (Wildman–Crippen MR) is 146 cm³/mol. The van der Waals surface area contributed by atoms with Gasteiger partial charge in [-0.15, -0.1) is 0 Å². The minimum Gasteiger partial charge on any atom is -0.425 e. The van der Waals surface area contributed by atoms with Crippen LogP contribution in [0.15, 0.2) is 48.8 Å². The Morgan fingerprint density at radius 1 is 0.730 bits per heavy atom. The highest BCUT2D eigenvalue weighted by Gasteiger charge is 2.41. The van der Waals surface area contributed by atoms with Crippen LogP contribution in [-0.2, 0) is 22.4 Å². The maximum atomic E-state index is 13.3. The summed E-state index contributed by atoms with van der Waals surface area (Å²) in [4.78, 5) is 37.3. The van der Waals surface area contributed by atoms with Crippen molar-refractivity contribution in [3.8, 4) is 11.5 Å². The molecule has 0 aliphatic heterocycles. The van der Waals surface area contributed by atoms with E-state index < -0.39 is 17.4 Å². The molecule has 0 aliphatic rings. The molecular formula is C29H36N4O4. The summed E-state index contributed by atoms with van der Waals surface area (Å²) in [6.45, 7) is 4.78. The standard InChI is InChI=1S/C29H36N4O4/c1-29(2,27(34)36-23-11-7-9-21-25(23)19(17-30-21)13-15-32(3)4)28(35)37-24-12-8-10-22-26(24)20(18-31-22)14-16-33(5)6/h7-12,17-18,30-31H,13-16H2,1-6H3. The van der Waals surface area contributed by atoms with Crippen molar-refractivity contribution in [1.29, 1.82) is 0 Å². The van der Waals surface area contributed by atoms with Gasteiger partial charge in [0.05, 0.1) is 0 Å². The van der Waals surface area contributed by atoms with Gasteiger partial charge in [0.15, 0.2) is 5.41 Å². The number of aromatic nitrogens is 2. The van der Waals surface area contributed by atoms with E-state index in [1.807, 2.05) is 64.8 Å². The SMILES string of the molecule is CN(C)CCc1c[nH]c2cccc(OC(=O)C(C)(C)C(=O)Oc3cccc4[nH]cc(CCN(C)C)c34)c12. The second-order valence-electron chi connectivity index (χ2n) is 10.5. The Balaban J connectivity index is 1.56. The molecular weight excluding hydrogens is 468 g/mol. The number of likely N-dealkylation sites (N-methyl/N-ethyl adjacent to an activating group) is 2. The van der Waals surface area contributed by atoms with Gasteiger partial charge in [0.2, 0.25) is 0 Å². The number of aromatic amines is 2. The lowest BCUT2D eigenvalue weighted by atomic mass is 9.94. The van der Waals surface area contributed by atoms with Crippen molar-refractivity contribution >= 4 is 33.7 Å². The van der Waals surface area contributed by atoms with E-state index in [-0.39, 0.29) is 0 Å². The molecule has 0 saturated heterocycles. The number of benzene rings is 2. The van der Waals surface area contributed by atoms with Gasteiger partial charge in [0.1, 0.15) is 11.5 Å². The molecule has 2 aromatic carbocycles. The summed E-state index contributed by atoms with van der Waals surface area (Å²) < 4.78 is 11.7. The molecule has 2 heterocycles. The van der Waals surface area contributed by atoms with Crippen molar-refractivity contribution < 1.29 is 19.1 Å². The fourth-order valence-electron chi connectivity index (χ4n) is 4.23. The van der Waals surface area contributed by atoms with Crippen molar-refractivity contribution in [3.05, 3.63) is 59.9 Å². The summed E-state index contributed by atoms with van der Waals surface area (Å²) in [6, 6.07) is 11.0. The predicted octanol–water partition coefficient (Wildman–Crippen LogP) is 4.39. The zero-order chi connectivity index (χ0) is 26.7. The third-order valence-corrected chi connectivity index (χ3v) is 6.58. The Kier molecular flexibility index (Phi) is 7.71. The molecule has 0 bridgehead atoms. The van der Waals surface area contributed by atoms with E-state index in [1.165, 1.54) is 13.8 Å². The number of H-pyrrole nitrogens is 2. The monoisotopic (exact) mass is 504 g/mol. The fourth-order valence-corrected chi connectivity index (χ4v) is 4.23. The van der Waals surface area contributed by atoms with E-state index in [0.29, 0.717) is 11.5 Å². The number of nitrogens with zero attached hydrogens (tertiary/aromatic N) is 2. The topological polar surface area (TPSA) is 90.7 Å². The molecule has 0 saturated carbocycles. The number of ether oxygens (including phenoxy) is 2. The van der Waals surface area contributed by atoms with E-state index in [9.17, 15) is 9.59 Å². The molecule has 0 spiro atoms. The smallest absolute Gasteiger partial charge is 0.328 e. The normalized spacial score (nSPS) is 12.1. The lowest BCUT2D eigenvalue weighted by molar-refractivity contribution is -0.158. The van der Waals surface area contributed by atoms with Crippen LogP contribution in [0.1, 0.15) is 25.0 Å². The molecule has 2 N–H and O–H groups in total. The fraction of sp³-hybridized carbons (Fsp3) is 0.379. The van der Waals surface area contributed by atoms with Crippen molar-refractivity contribution in [2.45, 2.75) is 26.7 Å². The number of hydrogen-bond donors (Lipinski definition) is 2. The number of carbonyl (C=O) groups excluding carboxylic acids is 2. The van der Waals surface area contributed by atoms with Gasteiger partial charge in [0, 0.05) is 47.3 Å². The molecule has 0 radical (unpaired) electrons. The highest BCUT2D eigenvalue weighted by atomic mass is 16.6. The third-order valence-electron chi connectivity index (χ3n) is 6.58. The molecule has 0 aliphatic carbocycles. The summed E-state index contributed by atoms with van der Waals surface area (Å²) >= 11 is 0. The first-order valence-electron chi connectivity index (χ1n) is 12.5. The second kappa shape index (κ2) is 10.8. The summed E-state index contributed by atoms with van der Waals surface area (Å²) in [5.74, 6) is -0.480. The van der Waals surface area contributed by atoms with E-state index in [0.717, 1.165) is 58.9 Å². The van der Waals surface area contributed by atoms with E-state index in [1.54, 1.807) is 12.1 Å². The molecule has 2 aromatic heterocycles. The lowest BCUT2D eigenvalue weighted by Gasteiger charge is -2.21. The number of nitrogens with one attached hydrogen (secondary N) is 2. The molecule has 4 rings (SSSR count). The summed E-state index contributed by atoms with van der Waals surface area (Å²) in [7, 11) is 8.07. The quantitative estimate of drug-likeness (QED) is 0.189. The lowest BCUT2D eigenvalue weighted by Crippen LogP contribution is -2.39. The van der Waals surface area contributed by atoms with Crippen LogP contribution in [0.3, 0.4) is 0 Å². The van der Waals surface area contributed by atoms with Gasteiger partial charge in [-0.1, -0.05) is 12.1 Å². The highest BCUT2D eigenvalue weighted by Crippen LogP contribution is 2.34. The highest BCUT2D eigenvalue weighted by molar-refractivity contribution is 6.03. The van der Waals surface area contributed by atoms with Crippen molar-refractivity contribution in [2.24, 2.45) is 5.41 Å². The van der Waals surface area contributed by atoms with Gasteiger partial charge in [-0.2, -0.15) is 0 Å². The summed E-state index contributed by atoms with van der Waals surface area (Å²) in [5, 5.41) is 1.70. The molecule has 37 heavy (non-hydrogen) atoms. The van der Waals surface area contributed by atoms with Gasteiger partial charge in [-0.05, 0) is 90.3 Å². The Hall–Kier alpha value is -3.62.